The summed E-state index contributed by atoms with van der Waals surface area (Å²) < 4.78 is 44.1. The fourth-order valence-corrected chi connectivity index (χ4v) is 1.80. The quantitative estimate of drug-likeness (QED) is 0.846. The summed E-state index contributed by atoms with van der Waals surface area (Å²) in [6, 6.07) is 4.32. The van der Waals surface area contributed by atoms with Crippen LogP contribution in [0.1, 0.15) is 24.0 Å². The third kappa shape index (κ3) is 4.63. The van der Waals surface area contributed by atoms with E-state index in [9.17, 15) is 18.0 Å². The van der Waals surface area contributed by atoms with Crippen LogP contribution in [0.4, 0.5) is 13.2 Å². The molecule has 0 bridgehead atoms. The average molecular weight is 302 g/mol. The molecule has 0 saturated heterocycles. The first kappa shape index (κ1) is 15.6. The molecule has 7 heteroatoms. The Morgan fingerprint density at radius 3 is 2.67 bits per heavy atom. The molecule has 1 amide bonds. The molecule has 1 aromatic carbocycles. The number of carbonyl (C=O) groups excluding carboxylic acids is 1. The van der Waals surface area contributed by atoms with Gasteiger partial charge in [-0.3, -0.25) is 4.79 Å². The van der Waals surface area contributed by atoms with E-state index in [1.165, 1.54) is 13.1 Å². The lowest BCUT2D eigenvalue weighted by atomic mass is 10.1. The second-order valence-corrected chi connectivity index (χ2v) is 4.95. The first-order valence-corrected chi connectivity index (χ1v) is 6.67. The van der Waals surface area contributed by atoms with Crippen LogP contribution in [0.2, 0.25) is 0 Å². The van der Waals surface area contributed by atoms with E-state index in [-0.39, 0.29) is 5.75 Å². The molecule has 21 heavy (non-hydrogen) atoms. The van der Waals surface area contributed by atoms with Gasteiger partial charge in [-0.25, -0.2) is 0 Å². The second kappa shape index (κ2) is 6.34. The van der Waals surface area contributed by atoms with Gasteiger partial charge in [0.1, 0.15) is 5.75 Å². The molecule has 0 spiro atoms. The number of amides is 1. The topological polar surface area (TPSA) is 50.4 Å². The molecule has 4 nitrogen and oxygen atoms in total. The maximum absolute atomic E-state index is 13.0. The highest BCUT2D eigenvalue weighted by atomic mass is 19.4. The maximum atomic E-state index is 13.0. The maximum Gasteiger partial charge on any atom is 0.419 e. The van der Waals surface area contributed by atoms with Crippen molar-refractivity contribution in [1.82, 2.24) is 10.6 Å². The largest absolute Gasteiger partial charge is 0.483 e. The summed E-state index contributed by atoms with van der Waals surface area (Å²) in [6.07, 6.45) is -2.38. The number of hydrogen-bond donors (Lipinski definition) is 2. The van der Waals surface area contributed by atoms with Gasteiger partial charge >= 0.3 is 6.18 Å². The van der Waals surface area contributed by atoms with Gasteiger partial charge in [-0.2, -0.15) is 13.2 Å². The Bertz CT molecular complexity index is 513. The molecule has 0 unspecified atom stereocenters. The van der Waals surface area contributed by atoms with Gasteiger partial charge in [-0.15, -0.1) is 0 Å². The molecule has 116 valence electrons. The lowest BCUT2D eigenvalue weighted by Crippen LogP contribution is -2.25. The van der Waals surface area contributed by atoms with E-state index in [2.05, 4.69) is 10.6 Å². The molecule has 1 aliphatic carbocycles. The van der Waals surface area contributed by atoms with Crippen molar-refractivity contribution in [2.45, 2.75) is 31.6 Å². The fraction of sp³-hybridized carbons (Fsp3) is 0.500. The molecule has 1 fully saturated rings. The molecule has 0 radical (unpaired) electrons. The minimum atomic E-state index is -4.52. The number of alkyl halides is 3. The number of rotatable bonds is 6. The zero-order chi connectivity index (χ0) is 15.5. The molecule has 2 N–H and O–H groups in total. The first-order valence-electron chi connectivity index (χ1n) is 6.67. The van der Waals surface area contributed by atoms with E-state index in [0.29, 0.717) is 18.2 Å². The van der Waals surface area contributed by atoms with Crippen LogP contribution < -0.4 is 15.4 Å². The van der Waals surface area contributed by atoms with Crippen molar-refractivity contribution >= 4 is 5.91 Å². The smallest absolute Gasteiger partial charge is 0.419 e. The Hall–Kier alpha value is -1.76. The van der Waals surface area contributed by atoms with E-state index in [4.69, 9.17) is 4.74 Å². The van der Waals surface area contributed by atoms with Gasteiger partial charge in [0.25, 0.3) is 5.91 Å². The lowest BCUT2D eigenvalue weighted by molar-refractivity contribution is -0.139. The van der Waals surface area contributed by atoms with Crippen LogP contribution in [0.25, 0.3) is 0 Å². The van der Waals surface area contributed by atoms with Crippen LogP contribution in [-0.2, 0) is 17.5 Å². The Balaban J connectivity index is 2.12. The monoisotopic (exact) mass is 302 g/mol. The highest BCUT2D eigenvalue weighted by Crippen LogP contribution is 2.37. The zero-order valence-corrected chi connectivity index (χ0v) is 11.6. The normalized spacial score (nSPS) is 14.9. The van der Waals surface area contributed by atoms with Gasteiger partial charge in [0, 0.05) is 19.6 Å². The van der Waals surface area contributed by atoms with E-state index >= 15 is 0 Å². The highest BCUT2D eigenvalue weighted by molar-refractivity contribution is 5.77. The van der Waals surface area contributed by atoms with Crippen LogP contribution in [0.3, 0.4) is 0 Å². The number of carbonyl (C=O) groups is 1. The van der Waals surface area contributed by atoms with Crippen LogP contribution in [-0.4, -0.2) is 25.6 Å². The third-order valence-corrected chi connectivity index (χ3v) is 3.16. The van der Waals surface area contributed by atoms with Gasteiger partial charge < -0.3 is 15.4 Å². The van der Waals surface area contributed by atoms with Gasteiger partial charge in [0.15, 0.2) is 6.61 Å². The summed E-state index contributed by atoms with van der Waals surface area (Å²) in [5, 5.41) is 5.45. The van der Waals surface area contributed by atoms with Crippen LogP contribution >= 0.6 is 0 Å². The van der Waals surface area contributed by atoms with Crippen molar-refractivity contribution in [1.29, 1.82) is 0 Å². The summed E-state index contributed by atoms with van der Waals surface area (Å²) in [7, 11) is 1.39. The predicted octanol–water partition coefficient (Wildman–Crippen LogP) is 2.08. The molecular formula is C14H17F3N2O2. The molecule has 0 atom stereocenters. The van der Waals surface area contributed by atoms with Gasteiger partial charge in [0.05, 0.1) is 5.56 Å². The molecule has 1 aliphatic rings. The number of likely N-dealkylation sites (N-methyl/N-ethyl adjacent to an activating group) is 1. The van der Waals surface area contributed by atoms with Crippen LogP contribution in [0, 0.1) is 0 Å². The molecule has 0 heterocycles. The van der Waals surface area contributed by atoms with E-state index in [1.54, 1.807) is 6.07 Å². The predicted molar refractivity (Wildman–Crippen MR) is 70.9 cm³/mol. The minimum Gasteiger partial charge on any atom is -0.483 e. The van der Waals surface area contributed by atoms with Gasteiger partial charge in [-0.1, -0.05) is 6.07 Å². The molecule has 1 aromatic rings. The van der Waals surface area contributed by atoms with Crippen molar-refractivity contribution in [3.63, 3.8) is 0 Å². The molecule has 0 aliphatic heterocycles. The van der Waals surface area contributed by atoms with E-state index in [1.807, 2.05) is 0 Å². The van der Waals surface area contributed by atoms with Crippen molar-refractivity contribution in [3.8, 4) is 5.75 Å². The Kier molecular flexibility index (Phi) is 4.72. The number of benzene rings is 1. The van der Waals surface area contributed by atoms with Crippen molar-refractivity contribution in [2.75, 3.05) is 13.7 Å². The van der Waals surface area contributed by atoms with Crippen molar-refractivity contribution in [2.24, 2.45) is 0 Å². The fourth-order valence-electron chi connectivity index (χ4n) is 1.80. The zero-order valence-electron chi connectivity index (χ0n) is 11.6. The highest BCUT2D eigenvalue weighted by Gasteiger charge is 2.35. The van der Waals surface area contributed by atoms with E-state index in [0.717, 1.165) is 18.9 Å². The molecule has 1 saturated carbocycles. The summed E-state index contributed by atoms with van der Waals surface area (Å²) in [6.45, 7) is -0.0529. The summed E-state index contributed by atoms with van der Waals surface area (Å²) in [5.74, 6) is -0.816. The lowest BCUT2D eigenvalue weighted by Gasteiger charge is -2.15. The minimum absolute atomic E-state index is 0.332. The number of nitrogens with one attached hydrogen (secondary N) is 2. The van der Waals surface area contributed by atoms with Gasteiger partial charge in [-0.05, 0) is 30.5 Å². The number of ether oxygens (including phenoxy) is 1. The Morgan fingerprint density at radius 1 is 1.38 bits per heavy atom. The van der Waals surface area contributed by atoms with Crippen molar-refractivity contribution < 1.29 is 22.7 Å². The number of hydrogen-bond acceptors (Lipinski definition) is 3. The Labute approximate surface area is 120 Å². The second-order valence-electron chi connectivity index (χ2n) is 4.95. The molecule has 0 aromatic heterocycles. The molecule has 2 rings (SSSR count). The van der Waals surface area contributed by atoms with E-state index < -0.39 is 24.3 Å². The van der Waals surface area contributed by atoms with Crippen molar-refractivity contribution in [3.05, 3.63) is 29.3 Å². The van der Waals surface area contributed by atoms with Gasteiger partial charge in [0.2, 0.25) is 0 Å². The third-order valence-electron chi connectivity index (χ3n) is 3.16. The first-order chi connectivity index (χ1) is 9.90. The summed E-state index contributed by atoms with van der Waals surface area (Å²) >= 11 is 0. The standard InChI is InChI=1S/C14H17F3N2O2/c1-18-13(20)8-21-12-5-2-9(7-19-10-3-4-10)6-11(12)14(15,16)17/h2,5-6,10,19H,3-4,7-8H2,1H3,(H,18,20). The van der Waals surface area contributed by atoms with Crippen LogP contribution in [0.15, 0.2) is 18.2 Å². The SMILES string of the molecule is CNC(=O)COc1ccc(CNC2CC2)cc1C(F)(F)F. The van der Waals surface area contributed by atoms with Crippen LogP contribution in [0.5, 0.6) is 5.75 Å². The average Bonchev–Trinajstić information content (AvgIpc) is 3.26. The summed E-state index contributed by atoms with van der Waals surface area (Å²) in [4.78, 5) is 11.1. The molecular weight excluding hydrogens is 285 g/mol. The summed E-state index contributed by atoms with van der Waals surface area (Å²) in [5.41, 5.74) is -0.317. The Morgan fingerprint density at radius 2 is 2.10 bits per heavy atom. The number of halogens is 3.